The summed E-state index contributed by atoms with van der Waals surface area (Å²) in [5.41, 5.74) is -0.426. The van der Waals surface area contributed by atoms with Gasteiger partial charge in [0.15, 0.2) is 0 Å². The summed E-state index contributed by atoms with van der Waals surface area (Å²) in [6.07, 6.45) is -0.401. The number of carbonyl (C=O) groups is 3. The predicted octanol–water partition coefficient (Wildman–Crippen LogP) is 3.65. The van der Waals surface area contributed by atoms with Crippen LogP contribution in [0.25, 0.3) is 0 Å². The second-order valence-corrected chi connectivity index (χ2v) is 10.5. The first-order chi connectivity index (χ1) is 17.3. The fourth-order valence-electron chi connectivity index (χ4n) is 3.74. The quantitative estimate of drug-likeness (QED) is 0.384. The Morgan fingerprint density at radius 3 is 2.19 bits per heavy atom. The number of phenols is 1. The van der Waals surface area contributed by atoms with Crippen molar-refractivity contribution in [1.82, 2.24) is 15.5 Å². The standard InChI is InChI=1S/C28H39N3O6/c1-7-28(5,6)31(25(35)22(18-32)30-26(36)37-27(2,3)4)23(20-14-11-15-21(33)16-20)24(34)29-17-19-12-9-8-10-13-19/h8-16,22-23,32-33H,7,17-18H2,1-6H3,(H,29,34)(H,30,36). The van der Waals surface area contributed by atoms with Gasteiger partial charge in [-0.25, -0.2) is 4.79 Å². The molecular formula is C28H39N3O6. The van der Waals surface area contributed by atoms with Gasteiger partial charge in [-0.1, -0.05) is 49.4 Å². The zero-order valence-electron chi connectivity index (χ0n) is 22.4. The zero-order valence-corrected chi connectivity index (χ0v) is 22.4. The van der Waals surface area contributed by atoms with E-state index in [1.165, 1.54) is 17.0 Å². The second kappa shape index (κ2) is 12.6. The van der Waals surface area contributed by atoms with Crippen molar-refractivity contribution in [3.8, 4) is 5.75 Å². The monoisotopic (exact) mass is 513 g/mol. The van der Waals surface area contributed by atoms with Crippen molar-refractivity contribution in [2.24, 2.45) is 0 Å². The number of phenolic OH excluding ortho intramolecular Hbond substituents is 1. The van der Waals surface area contributed by atoms with Gasteiger partial charge in [0.2, 0.25) is 11.8 Å². The summed E-state index contributed by atoms with van der Waals surface area (Å²) in [4.78, 5) is 41.4. The zero-order chi connectivity index (χ0) is 27.8. The van der Waals surface area contributed by atoms with Gasteiger partial charge < -0.3 is 30.5 Å². The van der Waals surface area contributed by atoms with Crippen molar-refractivity contribution in [3.63, 3.8) is 0 Å². The van der Waals surface area contributed by atoms with Gasteiger partial charge in [0.25, 0.3) is 0 Å². The maximum absolute atomic E-state index is 13.9. The Morgan fingerprint density at radius 2 is 1.65 bits per heavy atom. The van der Waals surface area contributed by atoms with Gasteiger partial charge in [-0.15, -0.1) is 0 Å². The Labute approximate surface area is 218 Å². The molecule has 0 fully saturated rings. The average molecular weight is 514 g/mol. The van der Waals surface area contributed by atoms with E-state index in [0.29, 0.717) is 12.0 Å². The van der Waals surface area contributed by atoms with Crippen LogP contribution < -0.4 is 10.6 Å². The third kappa shape index (κ3) is 8.49. The first-order valence-electron chi connectivity index (χ1n) is 12.3. The van der Waals surface area contributed by atoms with Crippen molar-refractivity contribution < 1.29 is 29.3 Å². The first kappa shape index (κ1) is 29.6. The number of ether oxygens (including phenoxy) is 1. The average Bonchev–Trinajstić information content (AvgIpc) is 2.83. The molecule has 0 saturated heterocycles. The van der Waals surface area contributed by atoms with E-state index < -0.39 is 47.7 Å². The molecule has 37 heavy (non-hydrogen) atoms. The van der Waals surface area contributed by atoms with Crippen molar-refractivity contribution >= 4 is 17.9 Å². The summed E-state index contributed by atoms with van der Waals surface area (Å²) in [5.74, 6) is -1.20. The number of carbonyl (C=O) groups excluding carboxylic acids is 3. The van der Waals surface area contributed by atoms with Crippen LogP contribution in [0.5, 0.6) is 5.75 Å². The number of hydrogen-bond donors (Lipinski definition) is 4. The molecule has 2 unspecified atom stereocenters. The minimum Gasteiger partial charge on any atom is -0.508 e. The minimum absolute atomic E-state index is 0.0642. The van der Waals surface area contributed by atoms with Gasteiger partial charge in [0.1, 0.15) is 23.4 Å². The molecule has 0 aliphatic heterocycles. The van der Waals surface area contributed by atoms with E-state index in [1.807, 2.05) is 37.3 Å². The van der Waals surface area contributed by atoms with Crippen molar-refractivity contribution in [2.75, 3.05) is 6.61 Å². The van der Waals surface area contributed by atoms with Crippen LogP contribution in [0.3, 0.4) is 0 Å². The number of hydrogen-bond acceptors (Lipinski definition) is 6. The largest absolute Gasteiger partial charge is 0.508 e. The fourth-order valence-corrected chi connectivity index (χ4v) is 3.74. The van der Waals surface area contributed by atoms with E-state index in [1.54, 1.807) is 46.8 Å². The number of aliphatic hydroxyl groups is 1. The molecule has 202 valence electrons. The van der Waals surface area contributed by atoms with Crippen molar-refractivity contribution in [3.05, 3.63) is 65.7 Å². The summed E-state index contributed by atoms with van der Waals surface area (Å²) in [6.45, 7) is 10.0. The van der Waals surface area contributed by atoms with E-state index in [0.717, 1.165) is 5.56 Å². The van der Waals surface area contributed by atoms with Gasteiger partial charge in [-0.3, -0.25) is 9.59 Å². The van der Waals surface area contributed by atoms with Crippen LogP contribution in [-0.4, -0.2) is 56.8 Å². The van der Waals surface area contributed by atoms with Crippen molar-refractivity contribution in [1.29, 1.82) is 0 Å². The van der Waals surface area contributed by atoms with Gasteiger partial charge in [-0.05, 0) is 64.3 Å². The van der Waals surface area contributed by atoms with E-state index in [9.17, 15) is 24.6 Å². The molecule has 0 aliphatic carbocycles. The van der Waals surface area contributed by atoms with Gasteiger partial charge in [-0.2, -0.15) is 0 Å². The SMILES string of the molecule is CCC(C)(C)N(C(=O)C(CO)NC(=O)OC(C)(C)C)C(C(=O)NCc1ccccc1)c1cccc(O)c1. The Morgan fingerprint density at radius 1 is 1.00 bits per heavy atom. The lowest BCUT2D eigenvalue weighted by Gasteiger charge is -2.44. The lowest BCUT2D eigenvalue weighted by atomic mass is 9.92. The number of rotatable bonds is 10. The summed E-state index contributed by atoms with van der Waals surface area (Å²) < 4.78 is 5.26. The molecule has 2 atom stereocenters. The van der Waals surface area contributed by atoms with Crippen molar-refractivity contribution in [2.45, 2.75) is 77.7 Å². The highest BCUT2D eigenvalue weighted by Gasteiger charge is 2.43. The molecule has 2 rings (SSSR count). The number of benzene rings is 2. The Bertz CT molecular complexity index is 1070. The highest BCUT2D eigenvalue weighted by atomic mass is 16.6. The topological polar surface area (TPSA) is 128 Å². The Balaban J connectivity index is 2.50. The number of aromatic hydroxyl groups is 1. The lowest BCUT2D eigenvalue weighted by molar-refractivity contribution is -0.150. The highest BCUT2D eigenvalue weighted by Crippen LogP contribution is 2.33. The van der Waals surface area contributed by atoms with Gasteiger partial charge in [0.05, 0.1) is 6.61 Å². The molecular weight excluding hydrogens is 474 g/mol. The van der Waals surface area contributed by atoms with E-state index in [2.05, 4.69) is 10.6 Å². The molecule has 2 aromatic rings. The van der Waals surface area contributed by atoms with E-state index in [-0.39, 0.29) is 12.3 Å². The molecule has 0 radical (unpaired) electrons. The summed E-state index contributed by atoms with van der Waals surface area (Å²) in [7, 11) is 0. The number of nitrogens with one attached hydrogen (secondary N) is 2. The Hall–Kier alpha value is -3.59. The van der Waals surface area contributed by atoms with Crippen LogP contribution >= 0.6 is 0 Å². The van der Waals surface area contributed by atoms with Crippen LogP contribution in [0.2, 0.25) is 0 Å². The predicted molar refractivity (Wildman–Crippen MR) is 141 cm³/mol. The molecule has 9 nitrogen and oxygen atoms in total. The smallest absolute Gasteiger partial charge is 0.408 e. The van der Waals surface area contributed by atoms with E-state index >= 15 is 0 Å². The molecule has 0 aromatic heterocycles. The maximum Gasteiger partial charge on any atom is 0.408 e. The third-order valence-corrected chi connectivity index (χ3v) is 5.93. The normalized spacial score (nSPS) is 13.3. The molecule has 0 heterocycles. The van der Waals surface area contributed by atoms with Crippen LogP contribution in [0.4, 0.5) is 4.79 Å². The van der Waals surface area contributed by atoms with Crippen LogP contribution in [-0.2, 0) is 20.9 Å². The summed E-state index contributed by atoms with van der Waals surface area (Å²) in [5, 5.41) is 25.5. The fraction of sp³-hybridized carbons (Fsp3) is 0.464. The van der Waals surface area contributed by atoms with Crippen LogP contribution in [0.1, 0.15) is 65.1 Å². The number of aliphatic hydroxyl groups excluding tert-OH is 1. The van der Waals surface area contributed by atoms with Crippen LogP contribution in [0.15, 0.2) is 54.6 Å². The Kier molecular flexibility index (Phi) is 10.1. The number of amides is 3. The molecule has 0 saturated carbocycles. The van der Waals surface area contributed by atoms with Gasteiger partial charge >= 0.3 is 6.09 Å². The number of nitrogens with zero attached hydrogens (tertiary/aromatic N) is 1. The highest BCUT2D eigenvalue weighted by molar-refractivity contribution is 5.92. The minimum atomic E-state index is -1.36. The molecule has 2 aromatic carbocycles. The molecule has 3 amide bonds. The third-order valence-electron chi connectivity index (χ3n) is 5.93. The molecule has 0 bridgehead atoms. The van der Waals surface area contributed by atoms with Crippen LogP contribution in [0, 0.1) is 0 Å². The van der Waals surface area contributed by atoms with Gasteiger partial charge in [0, 0.05) is 12.1 Å². The first-order valence-corrected chi connectivity index (χ1v) is 12.3. The number of alkyl carbamates (subject to hydrolysis) is 1. The molecule has 4 N–H and O–H groups in total. The maximum atomic E-state index is 13.9. The summed E-state index contributed by atoms with van der Waals surface area (Å²) in [6, 6.07) is 12.9. The lowest BCUT2D eigenvalue weighted by Crippen LogP contribution is -2.60. The second-order valence-electron chi connectivity index (χ2n) is 10.5. The molecule has 0 aliphatic rings. The molecule has 9 heteroatoms. The molecule has 0 spiro atoms. The van der Waals surface area contributed by atoms with E-state index in [4.69, 9.17) is 4.74 Å². The summed E-state index contributed by atoms with van der Waals surface area (Å²) >= 11 is 0.